The Morgan fingerprint density at radius 1 is 1.45 bits per heavy atom. The van der Waals surface area contributed by atoms with Crippen LogP contribution >= 0.6 is 0 Å². The predicted octanol–water partition coefficient (Wildman–Crippen LogP) is -0.0932. The number of hydrogen-bond donors (Lipinski definition) is 2. The number of nitrogens with one attached hydrogen (secondary N) is 1. The lowest BCUT2D eigenvalue weighted by Crippen LogP contribution is -2.29. The van der Waals surface area contributed by atoms with Gasteiger partial charge in [-0.1, -0.05) is 4.89 Å². The highest BCUT2D eigenvalue weighted by atomic mass is 32.2. The first-order valence-electron chi connectivity index (χ1n) is 5.32. The van der Waals surface area contributed by atoms with E-state index in [0.717, 1.165) is 6.07 Å². The van der Waals surface area contributed by atoms with Crippen LogP contribution in [0.4, 0.5) is 5.69 Å². The van der Waals surface area contributed by atoms with Crippen LogP contribution in [0.2, 0.25) is 0 Å². The summed E-state index contributed by atoms with van der Waals surface area (Å²) in [6, 6.07) is 2.18. The van der Waals surface area contributed by atoms with Crippen LogP contribution in [0, 0.1) is 24.0 Å². The lowest BCUT2D eigenvalue weighted by molar-refractivity contribution is -0.385. The summed E-state index contributed by atoms with van der Waals surface area (Å²) in [6.07, 6.45) is 0. The lowest BCUT2D eigenvalue weighted by atomic mass is 10.1. The second-order valence-corrected chi connectivity index (χ2v) is 5.63. The normalized spacial score (nSPS) is 11.3. The van der Waals surface area contributed by atoms with E-state index in [9.17, 15) is 23.3 Å². The number of rotatable bonds is 6. The van der Waals surface area contributed by atoms with Gasteiger partial charge in [-0.2, -0.15) is 0 Å². The van der Waals surface area contributed by atoms with E-state index < -0.39 is 27.5 Å². The molecule has 20 heavy (non-hydrogen) atoms. The highest BCUT2D eigenvalue weighted by molar-refractivity contribution is 7.89. The standard InChI is InChI=1S/C10H13N3O6S/c1-6-3-8(4-9(7(6)2)13(15)16)20(17,18)12-19-5-10(11)14/h3-4,12H,5H2,1-2H3,(H2,11,14). The summed E-state index contributed by atoms with van der Waals surface area (Å²) in [5.74, 6) is -0.862. The van der Waals surface area contributed by atoms with Crippen LogP contribution in [0.25, 0.3) is 0 Å². The SMILES string of the molecule is Cc1cc(S(=O)(=O)NOCC(N)=O)cc([N+](=O)[O-])c1C. The van der Waals surface area contributed by atoms with Gasteiger partial charge in [0, 0.05) is 11.6 Å². The molecule has 10 heteroatoms. The summed E-state index contributed by atoms with van der Waals surface area (Å²) in [5, 5.41) is 10.9. The Bertz CT molecular complexity index is 655. The zero-order valence-corrected chi connectivity index (χ0v) is 11.6. The van der Waals surface area contributed by atoms with Crippen molar-refractivity contribution < 1.29 is 23.0 Å². The number of primary amides is 1. The smallest absolute Gasteiger partial charge is 0.273 e. The van der Waals surface area contributed by atoms with E-state index in [-0.39, 0.29) is 10.6 Å². The molecule has 0 radical (unpaired) electrons. The van der Waals surface area contributed by atoms with Gasteiger partial charge in [-0.3, -0.25) is 19.7 Å². The van der Waals surface area contributed by atoms with Crippen LogP contribution in [0.1, 0.15) is 11.1 Å². The number of nitrogens with zero attached hydrogens (tertiary/aromatic N) is 1. The van der Waals surface area contributed by atoms with Gasteiger partial charge in [0.05, 0.1) is 9.82 Å². The minimum Gasteiger partial charge on any atom is -0.368 e. The summed E-state index contributed by atoms with van der Waals surface area (Å²) in [6.45, 7) is 2.42. The maximum atomic E-state index is 11.8. The molecule has 0 aromatic heterocycles. The third-order valence-corrected chi connectivity index (χ3v) is 3.70. The van der Waals surface area contributed by atoms with E-state index in [1.807, 2.05) is 0 Å². The number of sulfonamides is 1. The third-order valence-electron chi connectivity index (χ3n) is 2.50. The van der Waals surface area contributed by atoms with Crippen LogP contribution in [-0.2, 0) is 19.7 Å². The predicted molar refractivity (Wildman–Crippen MR) is 68.0 cm³/mol. The molecular formula is C10H13N3O6S. The Kier molecular flexibility index (Phi) is 4.76. The van der Waals surface area contributed by atoms with E-state index in [4.69, 9.17) is 5.73 Å². The minimum atomic E-state index is -4.14. The van der Waals surface area contributed by atoms with Crippen molar-refractivity contribution in [2.24, 2.45) is 5.73 Å². The van der Waals surface area contributed by atoms with Crippen LogP contribution < -0.4 is 10.6 Å². The number of nitro benzene ring substituents is 1. The summed E-state index contributed by atoms with van der Waals surface area (Å²) < 4.78 is 23.7. The first-order chi connectivity index (χ1) is 9.15. The Hall–Kier alpha value is -2.04. The van der Waals surface area contributed by atoms with Crippen molar-refractivity contribution in [3.8, 4) is 0 Å². The van der Waals surface area contributed by atoms with Gasteiger partial charge in [-0.25, -0.2) is 8.42 Å². The van der Waals surface area contributed by atoms with Crippen LogP contribution in [-0.4, -0.2) is 25.9 Å². The van der Waals surface area contributed by atoms with Gasteiger partial charge in [0.1, 0.15) is 6.61 Å². The third kappa shape index (κ3) is 3.73. The van der Waals surface area contributed by atoms with Crippen molar-refractivity contribution in [3.05, 3.63) is 33.4 Å². The van der Waals surface area contributed by atoms with Gasteiger partial charge in [0.15, 0.2) is 0 Å². The van der Waals surface area contributed by atoms with Crippen molar-refractivity contribution >= 4 is 21.6 Å². The van der Waals surface area contributed by atoms with Crippen LogP contribution in [0.3, 0.4) is 0 Å². The van der Waals surface area contributed by atoms with Crippen molar-refractivity contribution in [1.82, 2.24) is 4.89 Å². The summed E-state index contributed by atoms with van der Waals surface area (Å²) in [7, 11) is -4.14. The largest absolute Gasteiger partial charge is 0.368 e. The number of benzene rings is 1. The fourth-order valence-corrected chi connectivity index (χ4v) is 2.29. The molecule has 9 nitrogen and oxygen atoms in total. The molecule has 0 heterocycles. The fourth-order valence-electron chi connectivity index (χ4n) is 1.38. The first-order valence-corrected chi connectivity index (χ1v) is 6.81. The molecule has 3 N–H and O–H groups in total. The molecule has 0 saturated heterocycles. The number of carbonyl (C=O) groups is 1. The average molecular weight is 303 g/mol. The Labute approximate surface area is 114 Å². The van der Waals surface area contributed by atoms with Gasteiger partial charge in [-0.15, -0.1) is 0 Å². The molecule has 0 atom stereocenters. The van der Waals surface area contributed by atoms with Gasteiger partial charge in [0.2, 0.25) is 5.91 Å². The molecular weight excluding hydrogens is 290 g/mol. The molecule has 0 fully saturated rings. The summed E-state index contributed by atoms with van der Waals surface area (Å²) >= 11 is 0. The lowest BCUT2D eigenvalue weighted by Gasteiger charge is -2.08. The molecule has 1 rings (SSSR count). The van der Waals surface area contributed by atoms with Crippen molar-refractivity contribution in [2.45, 2.75) is 18.7 Å². The zero-order chi connectivity index (χ0) is 15.5. The Morgan fingerprint density at radius 2 is 2.05 bits per heavy atom. The molecule has 0 spiro atoms. The molecule has 0 aliphatic heterocycles. The summed E-state index contributed by atoms with van der Waals surface area (Å²) in [4.78, 5) is 26.4. The number of nitrogens with two attached hydrogens (primary N) is 1. The number of carbonyl (C=O) groups excluding carboxylic acids is 1. The minimum absolute atomic E-state index is 0.319. The van der Waals surface area contributed by atoms with E-state index in [2.05, 4.69) is 4.84 Å². The molecule has 0 unspecified atom stereocenters. The maximum absolute atomic E-state index is 11.8. The Morgan fingerprint density at radius 3 is 2.55 bits per heavy atom. The quantitative estimate of drug-likeness (QED) is 0.555. The van der Waals surface area contributed by atoms with Gasteiger partial charge in [-0.05, 0) is 25.5 Å². The highest BCUT2D eigenvalue weighted by Gasteiger charge is 2.22. The highest BCUT2D eigenvalue weighted by Crippen LogP contribution is 2.25. The number of nitro groups is 1. The van der Waals surface area contributed by atoms with Gasteiger partial charge < -0.3 is 5.73 Å². The first kappa shape index (κ1) is 16.0. The maximum Gasteiger partial charge on any atom is 0.273 e. The number of hydrogen-bond acceptors (Lipinski definition) is 6. The zero-order valence-electron chi connectivity index (χ0n) is 10.7. The number of amides is 1. The van der Waals surface area contributed by atoms with E-state index in [1.165, 1.54) is 13.0 Å². The number of aryl methyl sites for hydroxylation is 1. The molecule has 0 bridgehead atoms. The monoisotopic (exact) mass is 303 g/mol. The summed E-state index contributed by atoms with van der Waals surface area (Å²) in [5.41, 5.74) is 5.27. The molecule has 1 amide bonds. The van der Waals surface area contributed by atoms with Crippen molar-refractivity contribution in [1.29, 1.82) is 0 Å². The van der Waals surface area contributed by atoms with Gasteiger partial charge >= 0.3 is 0 Å². The second kappa shape index (κ2) is 5.94. The Balaban J connectivity index is 3.13. The van der Waals surface area contributed by atoms with E-state index in [1.54, 1.807) is 11.8 Å². The molecule has 1 aromatic carbocycles. The van der Waals surface area contributed by atoms with Gasteiger partial charge in [0.25, 0.3) is 15.7 Å². The van der Waals surface area contributed by atoms with Crippen molar-refractivity contribution in [2.75, 3.05) is 6.61 Å². The second-order valence-electron chi connectivity index (χ2n) is 3.98. The van der Waals surface area contributed by atoms with Crippen LogP contribution in [0.5, 0.6) is 0 Å². The molecule has 0 aliphatic rings. The molecule has 110 valence electrons. The molecule has 0 saturated carbocycles. The van der Waals surface area contributed by atoms with Crippen molar-refractivity contribution in [3.63, 3.8) is 0 Å². The van der Waals surface area contributed by atoms with E-state index >= 15 is 0 Å². The average Bonchev–Trinajstić information content (AvgIpc) is 2.31. The van der Waals surface area contributed by atoms with Crippen LogP contribution in [0.15, 0.2) is 17.0 Å². The fraction of sp³-hybridized carbons (Fsp3) is 0.300. The topological polar surface area (TPSA) is 142 Å². The molecule has 1 aromatic rings. The molecule has 0 aliphatic carbocycles. The van der Waals surface area contributed by atoms with E-state index in [0.29, 0.717) is 11.1 Å².